The fourth-order valence-electron chi connectivity index (χ4n) is 4.59. The number of carbonyl (C=O) groups is 1. The van der Waals surface area contributed by atoms with E-state index in [4.69, 9.17) is 17.5 Å². The van der Waals surface area contributed by atoms with Crippen LogP contribution < -0.4 is 10.6 Å². The van der Waals surface area contributed by atoms with Crippen molar-refractivity contribution in [2.45, 2.75) is 78.3 Å². The van der Waals surface area contributed by atoms with Gasteiger partial charge in [-0.15, -0.1) is 0 Å². The highest BCUT2D eigenvalue weighted by atomic mass is 32.1. The molecule has 0 unspecified atom stereocenters. The van der Waals surface area contributed by atoms with Crippen LogP contribution in [0.15, 0.2) is 61.1 Å². The number of hydrogen-bond acceptors (Lipinski definition) is 4. The molecule has 0 saturated carbocycles. The molecule has 3 rings (SSSR count). The summed E-state index contributed by atoms with van der Waals surface area (Å²) in [6.45, 7) is 10.4. The van der Waals surface area contributed by atoms with Gasteiger partial charge in [0.25, 0.3) is 0 Å². The van der Waals surface area contributed by atoms with Gasteiger partial charge in [-0.3, -0.25) is 4.79 Å². The first-order valence-electron chi connectivity index (χ1n) is 14.2. The minimum Gasteiger partial charge on any atom is -0.358 e. The van der Waals surface area contributed by atoms with E-state index in [1.165, 1.54) is 12.1 Å². The van der Waals surface area contributed by atoms with E-state index in [9.17, 15) is 18.0 Å². The minimum atomic E-state index is -4.51. The molecule has 0 aliphatic carbocycles. The number of alkyl halides is 3. The van der Waals surface area contributed by atoms with Crippen molar-refractivity contribution in [1.29, 1.82) is 5.26 Å². The molecule has 1 amide bonds. The Hall–Kier alpha value is -3.91. The summed E-state index contributed by atoms with van der Waals surface area (Å²) in [5, 5.41) is 15.7. The number of halogens is 3. The van der Waals surface area contributed by atoms with Crippen LogP contribution in [0.5, 0.6) is 0 Å². The quantitative estimate of drug-likeness (QED) is 0.256. The first-order valence-corrected chi connectivity index (χ1v) is 14.6. The second kappa shape index (κ2) is 14.5. The first-order chi connectivity index (χ1) is 20.2. The van der Waals surface area contributed by atoms with Crippen LogP contribution in [-0.4, -0.2) is 43.6 Å². The summed E-state index contributed by atoms with van der Waals surface area (Å²) in [6.07, 6.45) is -0.390. The van der Waals surface area contributed by atoms with E-state index in [0.717, 1.165) is 18.1 Å². The van der Waals surface area contributed by atoms with Crippen molar-refractivity contribution in [1.82, 2.24) is 25.1 Å². The number of nitrogens with one attached hydrogen (secondary N) is 2. The van der Waals surface area contributed by atoms with E-state index in [-0.39, 0.29) is 42.9 Å². The molecule has 230 valence electrons. The Balaban J connectivity index is 1.80. The van der Waals surface area contributed by atoms with Crippen LogP contribution in [0, 0.1) is 17.2 Å². The third-order valence-electron chi connectivity index (χ3n) is 7.12. The van der Waals surface area contributed by atoms with E-state index in [2.05, 4.69) is 21.7 Å². The van der Waals surface area contributed by atoms with Gasteiger partial charge < -0.3 is 20.1 Å². The first kappa shape index (κ1) is 33.6. The molecular weight excluding hydrogens is 573 g/mol. The molecule has 1 heterocycles. The summed E-state index contributed by atoms with van der Waals surface area (Å²) in [5.74, 6) is -0.206. The van der Waals surface area contributed by atoms with Crippen molar-refractivity contribution in [3.63, 3.8) is 0 Å². The Morgan fingerprint density at radius 2 is 1.81 bits per heavy atom. The SMILES string of the molecule is CC[C@H](C)[C@@H](CN(Cc1ccccc1C(F)(F)F)C(=S)NC(C)(C)C)NC(=O)Cc1cncn1Cc1ccc(C#N)cc1. The van der Waals surface area contributed by atoms with Gasteiger partial charge in [-0.2, -0.15) is 18.4 Å². The highest BCUT2D eigenvalue weighted by Gasteiger charge is 2.34. The number of nitrogens with zero attached hydrogens (tertiary/aromatic N) is 4. The van der Waals surface area contributed by atoms with Crippen molar-refractivity contribution >= 4 is 23.2 Å². The molecule has 1 aromatic heterocycles. The maximum absolute atomic E-state index is 13.8. The summed E-state index contributed by atoms with van der Waals surface area (Å²) < 4.78 is 43.4. The third-order valence-corrected chi connectivity index (χ3v) is 7.48. The number of carbonyl (C=O) groups excluding carboxylic acids is 1. The molecule has 2 N–H and O–H groups in total. The highest BCUT2D eigenvalue weighted by molar-refractivity contribution is 7.80. The predicted octanol–water partition coefficient (Wildman–Crippen LogP) is 6.07. The van der Waals surface area contributed by atoms with Crippen LogP contribution in [0.2, 0.25) is 0 Å². The molecule has 43 heavy (non-hydrogen) atoms. The molecule has 0 aliphatic heterocycles. The zero-order valence-electron chi connectivity index (χ0n) is 25.2. The van der Waals surface area contributed by atoms with Crippen molar-refractivity contribution in [3.8, 4) is 6.07 Å². The number of hydrogen-bond donors (Lipinski definition) is 2. The molecule has 11 heteroatoms. The van der Waals surface area contributed by atoms with Gasteiger partial charge in [-0.1, -0.05) is 50.6 Å². The molecule has 3 aromatic rings. The van der Waals surface area contributed by atoms with Gasteiger partial charge in [0.15, 0.2) is 5.11 Å². The Morgan fingerprint density at radius 3 is 2.42 bits per heavy atom. The van der Waals surface area contributed by atoms with Gasteiger partial charge >= 0.3 is 6.18 Å². The molecule has 0 fully saturated rings. The standard InChI is InChI=1S/C32H39F3N6OS/c1-6-22(2)28(38-29(42)15-26-17-37-21-41(26)18-24-13-11-23(16-36)12-14-24)20-40(30(43)39-31(3,4)5)19-25-9-7-8-10-27(25)32(33,34)35/h7-14,17,21-22,28H,6,15,18-20H2,1-5H3,(H,38,42)(H,39,43)/t22-,28+/m0/s1. The average Bonchev–Trinajstić information content (AvgIpc) is 3.36. The zero-order chi connectivity index (χ0) is 31.8. The van der Waals surface area contributed by atoms with Crippen molar-refractivity contribution in [3.05, 3.63) is 89.0 Å². The van der Waals surface area contributed by atoms with Crippen LogP contribution in [0.1, 0.15) is 69.0 Å². The van der Waals surface area contributed by atoms with Gasteiger partial charge in [-0.25, -0.2) is 4.98 Å². The van der Waals surface area contributed by atoms with Crippen LogP contribution in [0.3, 0.4) is 0 Å². The maximum Gasteiger partial charge on any atom is 0.416 e. The topological polar surface area (TPSA) is 86.0 Å². The Morgan fingerprint density at radius 1 is 1.14 bits per heavy atom. The summed E-state index contributed by atoms with van der Waals surface area (Å²) in [4.78, 5) is 19.3. The lowest BCUT2D eigenvalue weighted by Crippen LogP contribution is -2.54. The summed E-state index contributed by atoms with van der Waals surface area (Å²) in [6, 6.07) is 14.4. The lowest BCUT2D eigenvalue weighted by molar-refractivity contribution is -0.138. The second-order valence-corrected chi connectivity index (χ2v) is 12.2. The van der Waals surface area contributed by atoms with E-state index in [1.54, 1.807) is 35.6 Å². The average molecular weight is 613 g/mol. The van der Waals surface area contributed by atoms with Gasteiger partial charge in [-0.05, 0) is 68.2 Å². The van der Waals surface area contributed by atoms with Crippen LogP contribution in [0.4, 0.5) is 13.2 Å². The molecule has 2 aromatic carbocycles. The third kappa shape index (κ3) is 10.1. The number of rotatable bonds is 11. The molecule has 0 aliphatic rings. The predicted molar refractivity (Wildman–Crippen MR) is 165 cm³/mol. The van der Waals surface area contributed by atoms with Crippen molar-refractivity contribution < 1.29 is 18.0 Å². The van der Waals surface area contributed by atoms with E-state index in [0.29, 0.717) is 22.9 Å². The molecular formula is C32H39F3N6OS. The molecule has 2 atom stereocenters. The monoisotopic (exact) mass is 612 g/mol. The van der Waals surface area contributed by atoms with Gasteiger partial charge in [0.05, 0.1) is 29.9 Å². The molecule has 7 nitrogen and oxygen atoms in total. The minimum absolute atomic E-state index is 0.0188. The second-order valence-electron chi connectivity index (χ2n) is 11.8. The summed E-state index contributed by atoms with van der Waals surface area (Å²) in [5.41, 5.74) is 1.23. The van der Waals surface area contributed by atoms with E-state index >= 15 is 0 Å². The number of nitriles is 1. The Kier molecular flexibility index (Phi) is 11.3. The maximum atomic E-state index is 13.8. The highest BCUT2D eigenvalue weighted by Crippen LogP contribution is 2.32. The van der Waals surface area contributed by atoms with Gasteiger partial charge in [0.1, 0.15) is 0 Å². The van der Waals surface area contributed by atoms with Crippen molar-refractivity contribution in [2.24, 2.45) is 5.92 Å². The van der Waals surface area contributed by atoms with Crippen LogP contribution >= 0.6 is 12.2 Å². The number of aromatic nitrogens is 2. The van der Waals surface area contributed by atoms with Crippen molar-refractivity contribution in [2.75, 3.05) is 6.54 Å². The molecule has 0 saturated heterocycles. The van der Waals surface area contributed by atoms with E-state index < -0.39 is 17.3 Å². The van der Waals surface area contributed by atoms with Crippen LogP contribution in [-0.2, 0) is 30.5 Å². The number of benzene rings is 2. The van der Waals surface area contributed by atoms with Gasteiger partial charge in [0.2, 0.25) is 5.91 Å². The summed E-state index contributed by atoms with van der Waals surface area (Å²) >= 11 is 5.69. The van der Waals surface area contributed by atoms with E-state index in [1.807, 2.05) is 51.3 Å². The number of thiocarbonyl (C=S) groups is 1. The smallest absolute Gasteiger partial charge is 0.358 e. The normalized spacial score (nSPS) is 13.1. The summed E-state index contributed by atoms with van der Waals surface area (Å²) in [7, 11) is 0. The number of amides is 1. The van der Waals surface area contributed by atoms with Crippen LogP contribution in [0.25, 0.3) is 0 Å². The molecule has 0 spiro atoms. The van der Waals surface area contributed by atoms with Gasteiger partial charge in [0, 0.05) is 43.1 Å². The lowest BCUT2D eigenvalue weighted by Gasteiger charge is -2.36. The Labute approximate surface area is 257 Å². The fraction of sp³-hybridized carbons (Fsp3) is 0.438. The number of imidazole rings is 1. The fourth-order valence-corrected chi connectivity index (χ4v) is 5.04. The molecule has 0 bridgehead atoms. The largest absolute Gasteiger partial charge is 0.416 e. The molecule has 0 radical (unpaired) electrons. The zero-order valence-corrected chi connectivity index (χ0v) is 26.0. The Bertz CT molecular complexity index is 1420. The lowest BCUT2D eigenvalue weighted by atomic mass is 9.97.